The molecular weight excluding hydrogens is 403 g/mol. The molecular formula is C19H14F3N5OS. The lowest BCUT2D eigenvalue weighted by Crippen LogP contribution is -2.35. The third-order valence-corrected chi connectivity index (χ3v) is 5.27. The zero-order chi connectivity index (χ0) is 20.9. The number of thioether (sulfide) groups is 1. The van der Waals surface area contributed by atoms with E-state index in [4.69, 9.17) is 5.41 Å². The van der Waals surface area contributed by atoms with E-state index in [9.17, 15) is 18.0 Å². The topological polar surface area (TPSA) is 73.8 Å². The number of halogens is 3. The van der Waals surface area contributed by atoms with E-state index in [1.807, 2.05) is 0 Å². The molecule has 2 aromatic rings. The maximum atomic E-state index is 13.1. The molecule has 10 heteroatoms. The zero-order valence-electron chi connectivity index (χ0n) is 15.3. The first-order chi connectivity index (χ1) is 13.7. The van der Waals surface area contributed by atoms with Gasteiger partial charge in [-0.15, -0.1) is 0 Å². The van der Waals surface area contributed by atoms with Crippen molar-refractivity contribution in [1.82, 2.24) is 9.58 Å². The van der Waals surface area contributed by atoms with E-state index >= 15 is 0 Å². The molecule has 3 heterocycles. The van der Waals surface area contributed by atoms with Crippen molar-refractivity contribution in [2.45, 2.75) is 20.0 Å². The van der Waals surface area contributed by atoms with Crippen LogP contribution < -0.4 is 0 Å². The van der Waals surface area contributed by atoms with Crippen molar-refractivity contribution in [3.05, 3.63) is 58.4 Å². The highest BCUT2D eigenvalue weighted by atomic mass is 32.2. The lowest BCUT2D eigenvalue weighted by molar-refractivity contribution is -0.137. The Hall–Kier alpha value is -3.14. The van der Waals surface area contributed by atoms with Gasteiger partial charge in [0.05, 0.1) is 16.7 Å². The SMILES string of the molecule is Cc1cc(/C=C2/C(=N)N3N=CSC3=NC2=O)c(C)n1-c1cccc(C(F)(F)F)c1. The third kappa shape index (κ3) is 3.29. The molecule has 1 aromatic heterocycles. The van der Waals surface area contributed by atoms with Crippen molar-refractivity contribution >= 4 is 40.3 Å². The molecule has 0 bridgehead atoms. The van der Waals surface area contributed by atoms with Crippen molar-refractivity contribution in [3.63, 3.8) is 0 Å². The van der Waals surface area contributed by atoms with Crippen molar-refractivity contribution in [2.75, 3.05) is 0 Å². The average molecular weight is 417 g/mol. The molecule has 4 rings (SSSR count). The summed E-state index contributed by atoms with van der Waals surface area (Å²) in [5.41, 5.74) is 3.14. The quantitative estimate of drug-likeness (QED) is 0.738. The lowest BCUT2D eigenvalue weighted by Gasteiger charge is -2.20. The minimum absolute atomic E-state index is 0.0673. The van der Waals surface area contributed by atoms with Gasteiger partial charge in [0, 0.05) is 17.1 Å². The van der Waals surface area contributed by atoms with Gasteiger partial charge in [-0.3, -0.25) is 10.2 Å². The van der Waals surface area contributed by atoms with Gasteiger partial charge in [0.15, 0.2) is 11.0 Å². The number of carbonyl (C=O) groups excluding carboxylic acids is 1. The van der Waals surface area contributed by atoms with Gasteiger partial charge >= 0.3 is 6.18 Å². The number of fused-ring (bicyclic) bond motifs is 1. The van der Waals surface area contributed by atoms with E-state index in [-0.39, 0.29) is 11.4 Å². The lowest BCUT2D eigenvalue weighted by atomic mass is 10.1. The fourth-order valence-corrected chi connectivity index (χ4v) is 3.85. The molecule has 0 unspecified atom stereocenters. The van der Waals surface area contributed by atoms with E-state index in [0.717, 1.165) is 23.9 Å². The predicted octanol–water partition coefficient (Wildman–Crippen LogP) is 4.36. The second kappa shape index (κ2) is 6.73. The number of rotatable bonds is 2. The van der Waals surface area contributed by atoms with Crippen LogP contribution in [0.1, 0.15) is 22.5 Å². The number of nitrogens with one attached hydrogen (secondary N) is 1. The number of alkyl halides is 3. The first-order valence-corrected chi connectivity index (χ1v) is 9.34. The van der Waals surface area contributed by atoms with E-state index in [0.29, 0.717) is 27.8 Å². The first kappa shape index (κ1) is 19.2. The summed E-state index contributed by atoms with van der Waals surface area (Å²) in [5, 5.41) is 13.8. The number of amides is 1. The van der Waals surface area contributed by atoms with Crippen molar-refractivity contribution < 1.29 is 18.0 Å². The van der Waals surface area contributed by atoms with Crippen LogP contribution in [-0.4, -0.2) is 32.0 Å². The minimum Gasteiger partial charge on any atom is -0.318 e. The second-order valence-electron chi connectivity index (χ2n) is 6.47. The maximum Gasteiger partial charge on any atom is 0.416 e. The van der Waals surface area contributed by atoms with Crippen LogP contribution in [0.4, 0.5) is 13.2 Å². The summed E-state index contributed by atoms with van der Waals surface area (Å²) in [6.07, 6.45) is -2.92. The van der Waals surface area contributed by atoms with Crippen LogP contribution in [0.3, 0.4) is 0 Å². The van der Waals surface area contributed by atoms with Gasteiger partial charge in [-0.25, -0.2) is 0 Å². The number of carbonyl (C=O) groups is 1. The highest BCUT2D eigenvalue weighted by Gasteiger charge is 2.33. The van der Waals surface area contributed by atoms with Crippen LogP contribution in [0.25, 0.3) is 11.8 Å². The van der Waals surface area contributed by atoms with Crippen LogP contribution in [-0.2, 0) is 11.0 Å². The second-order valence-corrected chi connectivity index (χ2v) is 7.28. The van der Waals surface area contributed by atoms with Crippen LogP contribution >= 0.6 is 11.8 Å². The molecule has 1 aromatic carbocycles. The number of aromatic nitrogens is 1. The standard InChI is InChI=1S/C19H14F3N5OS/c1-10-6-12(7-15-16(23)27-18(25-17(15)28)29-9-24-27)11(2)26(10)14-5-3-4-13(8-14)19(20,21)22/h3-9,23H,1-2H3/b15-7-,23-16?. The van der Waals surface area contributed by atoms with Gasteiger partial charge in [-0.05, 0) is 61.5 Å². The third-order valence-electron chi connectivity index (χ3n) is 4.60. The molecule has 1 amide bonds. The Labute approximate surface area is 167 Å². The number of hydrazone groups is 1. The van der Waals surface area contributed by atoms with E-state index in [1.54, 1.807) is 30.5 Å². The first-order valence-electron chi connectivity index (χ1n) is 8.46. The number of hydrogen-bond donors (Lipinski definition) is 1. The van der Waals surface area contributed by atoms with Gasteiger partial charge in [-0.1, -0.05) is 6.07 Å². The fourth-order valence-electron chi connectivity index (χ4n) is 3.24. The van der Waals surface area contributed by atoms with Crippen molar-refractivity contribution in [3.8, 4) is 5.69 Å². The number of nitrogens with zero attached hydrogens (tertiary/aromatic N) is 4. The Morgan fingerprint density at radius 3 is 2.69 bits per heavy atom. The zero-order valence-corrected chi connectivity index (χ0v) is 16.1. The Morgan fingerprint density at radius 1 is 1.21 bits per heavy atom. The summed E-state index contributed by atoms with van der Waals surface area (Å²) in [6, 6.07) is 6.80. The summed E-state index contributed by atoms with van der Waals surface area (Å²) in [4.78, 5) is 16.3. The molecule has 0 fully saturated rings. The highest BCUT2D eigenvalue weighted by Crippen LogP contribution is 2.32. The molecule has 0 radical (unpaired) electrons. The van der Waals surface area contributed by atoms with Gasteiger partial charge < -0.3 is 4.57 Å². The smallest absolute Gasteiger partial charge is 0.318 e. The van der Waals surface area contributed by atoms with Gasteiger partial charge in [0.1, 0.15) is 0 Å². The molecule has 148 valence electrons. The van der Waals surface area contributed by atoms with Crippen molar-refractivity contribution in [2.24, 2.45) is 10.1 Å². The summed E-state index contributed by atoms with van der Waals surface area (Å²) in [7, 11) is 0. The molecule has 0 aliphatic carbocycles. The fraction of sp³-hybridized carbons (Fsp3) is 0.158. The van der Waals surface area contributed by atoms with Gasteiger partial charge in [0.2, 0.25) is 0 Å². The van der Waals surface area contributed by atoms with E-state index < -0.39 is 17.6 Å². The molecule has 2 aliphatic heterocycles. The number of amidine groups is 2. The number of aryl methyl sites for hydroxylation is 1. The van der Waals surface area contributed by atoms with Crippen LogP contribution in [0.15, 0.2) is 46.0 Å². The van der Waals surface area contributed by atoms with Crippen LogP contribution in [0.5, 0.6) is 0 Å². The molecule has 0 atom stereocenters. The van der Waals surface area contributed by atoms with Crippen LogP contribution in [0.2, 0.25) is 0 Å². The highest BCUT2D eigenvalue weighted by molar-refractivity contribution is 8.25. The number of benzene rings is 1. The molecule has 0 saturated heterocycles. The van der Waals surface area contributed by atoms with E-state index in [2.05, 4.69) is 10.1 Å². The summed E-state index contributed by atoms with van der Waals surface area (Å²) in [5.74, 6) is -0.645. The summed E-state index contributed by atoms with van der Waals surface area (Å²) < 4.78 is 40.9. The Balaban J connectivity index is 1.78. The number of hydrogen-bond acceptors (Lipinski definition) is 4. The summed E-state index contributed by atoms with van der Waals surface area (Å²) in [6.45, 7) is 3.51. The van der Waals surface area contributed by atoms with E-state index in [1.165, 1.54) is 22.7 Å². The molecule has 0 spiro atoms. The maximum absolute atomic E-state index is 13.1. The predicted molar refractivity (Wildman–Crippen MR) is 106 cm³/mol. The van der Waals surface area contributed by atoms with Gasteiger partial charge in [0.25, 0.3) is 5.91 Å². The van der Waals surface area contributed by atoms with Gasteiger partial charge in [-0.2, -0.15) is 28.3 Å². The van der Waals surface area contributed by atoms with Crippen molar-refractivity contribution in [1.29, 1.82) is 5.41 Å². The minimum atomic E-state index is -4.44. The normalized spacial score (nSPS) is 17.9. The molecule has 0 saturated carbocycles. The average Bonchev–Trinajstić information content (AvgIpc) is 3.22. The largest absolute Gasteiger partial charge is 0.416 e. The summed E-state index contributed by atoms with van der Waals surface area (Å²) >= 11 is 1.15. The Kier molecular flexibility index (Phi) is 4.45. The molecule has 29 heavy (non-hydrogen) atoms. The number of aliphatic imine (C=N–C) groups is 1. The molecule has 6 nitrogen and oxygen atoms in total. The molecule has 1 N–H and O–H groups in total. The van der Waals surface area contributed by atoms with Crippen LogP contribution in [0, 0.1) is 19.3 Å². The molecule has 2 aliphatic rings. The Morgan fingerprint density at radius 2 is 1.97 bits per heavy atom. The Bertz CT molecular complexity index is 1140. The monoisotopic (exact) mass is 417 g/mol.